The van der Waals surface area contributed by atoms with Crippen LogP contribution in [0.1, 0.15) is 39.0 Å². The third kappa shape index (κ3) is 8.38. The van der Waals surface area contributed by atoms with Crippen molar-refractivity contribution in [1.29, 1.82) is 0 Å². The average molecular weight is 285 g/mol. The molecule has 0 aliphatic carbocycles. The summed E-state index contributed by atoms with van der Waals surface area (Å²) in [6.07, 6.45) is 5.86. The number of nitrogens with zero attached hydrogens (tertiary/aromatic N) is 1. The van der Waals surface area contributed by atoms with Gasteiger partial charge in [-0.15, -0.1) is 0 Å². The van der Waals surface area contributed by atoms with Gasteiger partial charge in [-0.2, -0.15) is 0 Å². The predicted molar refractivity (Wildman–Crippen MR) is 83.3 cm³/mol. The quantitative estimate of drug-likeness (QED) is 0.365. The Labute approximate surface area is 123 Å². The number of hydrogen-bond donors (Lipinski definition) is 2. The highest BCUT2D eigenvalue weighted by Gasteiger charge is 2.15. The molecule has 1 saturated heterocycles. The van der Waals surface area contributed by atoms with Crippen LogP contribution < -0.4 is 10.6 Å². The SMILES string of the molecule is CCCCCNC(=NC)NCCCOCC1CCOC1. The average Bonchev–Trinajstić information content (AvgIpc) is 2.98. The molecular weight excluding hydrogens is 254 g/mol. The maximum atomic E-state index is 5.67. The number of ether oxygens (including phenoxy) is 2. The van der Waals surface area contributed by atoms with E-state index in [0.29, 0.717) is 5.92 Å². The molecule has 2 N–H and O–H groups in total. The van der Waals surface area contributed by atoms with Gasteiger partial charge in [-0.25, -0.2) is 0 Å². The minimum atomic E-state index is 0.607. The Morgan fingerprint density at radius 2 is 2.05 bits per heavy atom. The van der Waals surface area contributed by atoms with Crippen molar-refractivity contribution in [3.63, 3.8) is 0 Å². The zero-order valence-corrected chi connectivity index (χ0v) is 13.1. The van der Waals surface area contributed by atoms with E-state index in [1.165, 1.54) is 19.3 Å². The summed E-state index contributed by atoms with van der Waals surface area (Å²) < 4.78 is 11.0. The second kappa shape index (κ2) is 12.0. The zero-order chi connectivity index (χ0) is 14.5. The van der Waals surface area contributed by atoms with E-state index in [-0.39, 0.29) is 0 Å². The van der Waals surface area contributed by atoms with Crippen LogP contribution in [0.2, 0.25) is 0 Å². The van der Waals surface area contributed by atoms with Crippen LogP contribution in [0.3, 0.4) is 0 Å². The Balaban J connectivity index is 1.90. The molecule has 1 fully saturated rings. The van der Waals surface area contributed by atoms with Crippen LogP contribution in [-0.2, 0) is 9.47 Å². The molecule has 1 atom stereocenters. The summed E-state index contributed by atoms with van der Waals surface area (Å²) >= 11 is 0. The van der Waals surface area contributed by atoms with Gasteiger partial charge in [-0.3, -0.25) is 4.99 Å². The normalized spacial score (nSPS) is 19.3. The van der Waals surface area contributed by atoms with Gasteiger partial charge in [0.05, 0.1) is 13.2 Å². The van der Waals surface area contributed by atoms with Crippen molar-refractivity contribution in [3.8, 4) is 0 Å². The topological polar surface area (TPSA) is 54.9 Å². The summed E-state index contributed by atoms with van der Waals surface area (Å²) in [7, 11) is 1.81. The lowest BCUT2D eigenvalue weighted by atomic mass is 10.1. The highest BCUT2D eigenvalue weighted by atomic mass is 16.5. The van der Waals surface area contributed by atoms with E-state index >= 15 is 0 Å². The Morgan fingerprint density at radius 1 is 1.25 bits per heavy atom. The lowest BCUT2D eigenvalue weighted by Gasteiger charge is -2.12. The Hall–Kier alpha value is -0.810. The molecule has 1 aliphatic heterocycles. The molecular formula is C15H31N3O2. The van der Waals surface area contributed by atoms with E-state index in [1.54, 1.807) is 0 Å². The fourth-order valence-electron chi connectivity index (χ4n) is 2.15. The van der Waals surface area contributed by atoms with Crippen LogP contribution in [-0.4, -0.2) is 52.5 Å². The lowest BCUT2D eigenvalue weighted by molar-refractivity contribution is 0.0888. The minimum Gasteiger partial charge on any atom is -0.381 e. The third-order valence-corrected chi connectivity index (χ3v) is 3.43. The number of rotatable bonds is 10. The van der Waals surface area contributed by atoms with Crippen molar-refractivity contribution in [2.45, 2.75) is 39.0 Å². The number of aliphatic imine (C=N–C) groups is 1. The molecule has 5 heteroatoms. The number of hydrogen-bond acceptors (Lipinski definition) is 3. The predicted octanol–water partition coefficient (Wildman–Crippen LogP) is 1.78. The van der Waals surface area contributed by atoms with Gasteiger partial charge in [0.15, 0.2) is 5.96 Å². The first-order chi connectivity index (χ1) is 9.86. The maximum absolute atomic E-state index is 5.67. The van der Waals surface area contributed by atoms with Crippen LogP contribution in [0.15, 0.2) is 4.99 Å². The number of guanidine groups is 1. The Kier molecular flexibility index (Phi) is 10.3. The molecule has 1 rings (SSSR count). The molecule has 0 aromatic heterocycles. The van der Waals surface area contributed by atoms with Gasteiger partial charge in [0.25, 0.3) is 0 Å². The van der Waals surface area contributed by atoms with Crippen LogP contribution in [0.4, 0.5) is 0 Å². The molecule has 0 bridgehead atoms. The first kappa shape index (κ1) is 17.2. The standard InChI is InChI=1S/C15H31N3O2/c1-3-4-5-8-17-15(16-2)18-9-6-10-19-12-14-7-11-20-13-14/h14H,3-13H2,1-2H3,(H2,16,17,18). The summed E-state index contributed by atoms with van der Waals surface area (Å²) in [5, 5.41) is 6.63. The van der Waals surface area contributed by atoms with Gasteiger partial charge in [0, 0.05) is 39.3 Å². The van der Waals surface area contributed by atoms with Crippen molar-refractivity contribution in [3.05, 3.63) is 0 Å². The third-order valence-electron chi connectivity index (χ3n) is 3.43. The molecule has 118 valence electrons. The van der Waals surface area contributed by atoms with Crippen LogP contribution in [0.5, 0.6) is 0 Å². The maximum Gasteiger partial charge on any atom is 0.190 e. The molecule has 0 radical (unpaired) electrons. The Morgan fingerprint density at radius 3 is 2.70 bits per heavy atom. The monoisotopic (exact) mass is 285 g/mol. The fraction of sp³-hybridized carbons (Fsp3) is 0.933. The van der Waals surface area contributed by atoms with Gasteiger partial charge < -0.3 is 20.1 Å². The molecule has 1 heterocycles. The molecule has 20 heavy (non-hydrogen) atoms. The summed E-state index contributed by atoms with van der Waals surface area (Å²) in [4.78, 5) is 4.20. The zero-order valence-electron chi connectivity index (χ0n) is 13.1. The molecule has 0 aromatic carbocycles. The smallest absolute Gasteiger partial charge is 0.190 e. The van der Waals surface area contributed by atoms with E-state index in [4.69, 9.17) is 9.47 Å². The molecule has 0 saturated carbocycles. The molecule has 0 amide bonds. The number of nitrogens with one attached hydrogen (secondary N) is 2. The van der Waals surface area contributed by atoms with Crippen LogP contribution in [0, 0.1) is 5.92 Å². The van der Waals surface area contributed by atoms with Crippen LogP contribution >= 0.6 is 0 Å². The largest absolute Gasteiger partial charge is 0.381 e. The van der Waals surface area contributed by atoms with Crippen LogP contribution in [0.25, 0.3) is 0 Å². The van der Waals surface area contributed by atoms with Gasteiger partial charge >= 0.3 is 0 Å². The molecule has 5 nitrogen and oxygen atoms in total. The van der Waals surface area contributed by atoms with E-state index in [1.807, 2.05) is 7.05 Å². The fourth-order valence-corrected chi connectivity index (χ4v) is 2.15. The lowest BCUT2D eigenvalue weighted by Crippen LogP contribution is -2.38. The highest BCUT2D eigenvalue weighted by molar-refractivity contribution is 5.79. The summed E-state index contributed by atoms with van der Waals surface area (Å²) in [5.41, 5.74) is 0. The second-order valence-electron chi connectivity index (χ2n) is 5.29. The molecule has 1 unspecified atom stereocenters. The van der Waals surface area contributed by atoms with Crippen molar-refractivity contribution in [1.82, 2.24) is 10.6 Å². The minimum absolute atomic E-state index is 0.607. The van der Waals surface area contributed by atoms with Crippen molar-refractivity contribution >= 4 is 5.96 Å². The summed E-state index contributed by atoms with van der Waals surface area (Å²) in [6, 6.07) is 0. The highest BCUT2D eigenvalue weighted by Crippen LogP contribution is 2.12. The van der Waals surface area contributed by atoms with Crippen molar-refractivity contribution in [2.24, 2.45) is 10.9 Å². The second-order valence-corrected chi connectivity index (χ2v) is 5.29. The van der Waals surface area contributed by atoms with Gasteiger partial charge in [0.1, 0.15) is 0 Å². The molecule has 1 aliphatic rings. The molecule has 0 aromatic rings. The van der Waals surface area contributed by atoms with E-state index in [9.17, 15) is 0 Å². The van der Waals surface area contributed by atoms with E-state index in [0.717, 1.165) is 58.3 Å². The van der Waals surface area contributed by atoms with Crippen molar-refractivity contribution < 1.29 is 9.47 Å². The Bertz CT molecular complexity index is 254. The molecule has 0 spiro atoms. The van der Waals surface area contributed by atoms with E-state index in [2.05, 4.69) is 22.5 Å². The van der Waals surface area contributed by atoms with Gasteiger partial charge in [-0.1, -0.05) is 19.8 Å². The first-order valence-electron chi connectivity index (χ1n) is 7.96. The van der Waals surface area contributed by atoms with Crippen molar-refractivity contribution in [2.75, 3.05) is 46.6 Å². The number of unbranched alkanes of at least 4 members (excludes halogenated alkanes) is 2. The van der Waals surface area contributed by atoms with E-state index < -0.39 is 0 Å². The first-order valence-corrected chi connectivity index (χ1v) is 7.96. The summed E-state index contributed by atoms with van der Waals surface area (Å²) in [5.74, 6) is 1.50. The van der Waals surface area contributed by atoms with Gasteiger partial charge in [-0.05, 0) is 19.3 Å². The summed E-state index contributed by atoms with van der Waals surface area (Å²) in [6.45, 7) is 7.51. The van der Waals surface area contributed by atoms with Gasteiger partial charge in [0.2, 0.25) is 0 Å².